The highest BCUT2D eigenvalue weighted by molar-refractivity contribution is 6.04. The molecule has 2 aromatic carbocycles. The average molecular weight is 296 g/mol. The lowest BCUT2D eigenvalue weighted by Gasteiger charge is -2.07. The molecule has 0 aliphatic carbocycles. The van der Waals surface area contributed by atoms with Crippen LogP contribution in [0.15, 0.2) is 60.4 Å². The number of hydrogen-bond acceptors (Lipinski definition) is 5. The fourth-order valence-electron chi connectivity index (χ4n) is 1.69. The van der Waals surface area contributed by atoms with Gasteiger partial charge in [0.25, 0.3) is 5.91 Å². The van der Waals surface area contributed by atoms with Crippen molar-refractivity contribution in [1.82, 2.24) is 0 Å². The molecule has 6 nitrogen and oxygen atoms in total. The third-order valence-corrected chi connectivity index (χ3v) is 2.86. The number of anilines is 3. The molecule has 0 aromatic heterocycles. The van der Waals surface area contributed by atoms with Gasteiger partial charge in [0.1, 0.15) is 0 Å². The van der Waals surface area contributed by atoms with Crippen molar-refractivity contribution < 1.29 is 9.59 Å². The predicted molar refractivity (Wildman–Crippen MR) is 87.2 cm³/mol. The predicted octanol–water partition coefficient (Wildman–Crippen LogP) is 1.93. The fourth-order valence-corrected chi connectivity index (χ4v) is 1.69. The van der Waals surface area contributed by atoms with Gasteiger partial charge in [0.05, 0.1) is 5.70 Å². The molecule has 0 spiro atoms. The van der Waals surface area contributed by atoms with Crippen LogP contribution in [0.3, 0.4) is 0 Å². The summed E-state index contributed by atoms with van der Waals surface area (Å²) in [5.41, 5.74) is 13.6. The van der Waals surface area contributed by atoms with Gasteiger partial charge in [-0.3, -0.25) is 9.59 Å². The summed E-state index contributed by atoms with van der Waals surface area (Å²) < 4.78 is 0. The number of aldehydes is 1. The topological polar surface area (TPSA) is 110 Å². The fraction of sp³-hybridized carbons (Fsp3) is 0. The van der Waals surface area contributed by atoms with Crippen molar-refractivity contribution in [2.24, 2.45) is 5.73 Å². The van der Waals surface area contributed by atoms with Crippen LogP contribution >= 0.6 is 0 Å². The molecule has 0 aliphatic rings. The maximum Gasteiger partial charge on any atom is 0.255 e. The zero-order valence-corrected chi connectivity index (χ0v) is 11.7. The van der Waals surface area contributed by atoms with E-state index in [9.17, 15) is 9.59 Å². The number of nitrogen functional groups attached to an aromatic ring is 1. The van der Waals surface area contributed by atoms with Crippen LogP contribution < -0.4 is 22.1 Å². The SMILES string of the molecule is N/C(C=O)=C\Nc1ccc(NC(=O)c2ccc(N)cc2)cc1. The molecular weight excluding hydrogens is 280 g/mol. The van der Waals surface area contributed by atoms with Crippen molar-refractivity contribution in [2.45, 2.75) is 0 Å². The quantitative estimate of drug-likeness (QED) is 0.383. The van der Waals surface area contributed by atoms with Gasteiger partial charge in [-0.05, 0) is 48.5 Å². The number of nitrogens with two attached hydrogens (primary N) is 2. The Balaban J connectivity index is 2.00. The first-order valence-electron chi connectivity index (χ1n) is 6.53. The Labute approximate surface area is 127 Å². The van der Waals surface area contributed by atoms with Gasteiger partial charge in [-0.1, -0.05) is 0 Å². The summed E-state index contributed by atoms with van der Waals surface area (Å²) in [4.78, 5) is 22.4. The van der Waals surface area contributed by atoms with E-state index in [0.717, 1.165) is 5.69 Å². The van der Waals surface area contributed by atoms with Gasteiger partial charge in [-0.15, -0.1) is 0 Å². The third-order valence-electron chi connectivity index (χ3n) is 2.86. The number of hydrogen-bond donors (Lipinski definition) is 4. The minimum absolute atomic E-state index is 0.0979. The highest BCUT2D eigenvalue weighted by Gasteiger charge is 2.05. The number of carbonyl (C=O) groups is 2. The Morgan fingerprint density at radius 1 is 0.955 bits per heavy atom. The van der Waals surface area contributed by atoms with E-state index >= 15 is 0 Å². The van der Waals surface area contributed by atoms with Crippen LogP contribution in [0.1, 0.15) is 10.4 Å². The molecule has 0 radical (unpaired) electrons. The van der Waals surface area contributed by atoms with Gasteiger partial charge >= 0.3 is 0 Å². The first kappa shape index (κ1) is 15.1. The second-order valence-corrected chi connectivity index (χ2v) is 4.56. The van der Waals surface area contributed by atoms with Gasteiger partial charge in [0.15, 0.2) is 6.29 Å². The van der Waals surface area contributed by atoms with Crippen LogP contribution in [0.4, 0.5) is 17.1 Å². The standard InChI is InChI=1S/C16H16N4O2/c17-12-3-1-11(2-4-12)16(22)20-15-7-5-14(6-8-15)19-9-13(18)10-21/h1-10,19H,17-18H2,(H,20,22)/b13-9-. The van der Waals surface area contributed by atoms with Crippen molar-refractivity contribution >= 4 is 29.3 Å². The lowest BCUT2D eigenvalue weighted by atomic mass is 10.2. The number of nitrogens with one attached hydrogen (secondary N) is 2. The number of allylic oxidation sites excluding steroid dienone is 1. The molecule has 0 atom stereocenters. The van der Waals surface area contributed by atoms with Crippen molar-refractivity contribution in [3.05, 3.63) is 66.0 Å². The number of amides is 1. The van der Waals surface area contributed by atoms with E-state index in [4.69, 9.17) is 11.5 Å². The smallest absolute Gasteiger partial charge is 0.255 e. The molecule has 0 saturated carbocycles. The van der Waals surface area contributed by atoms with Crippen molar-refractivity contribution in [3.8, 4) is 0 Å². The molecule has 112 valence electrons. The minimum atomic E-state index is -0.217. The Bertz CT molecular complexity index is 691. The van der Waals surface area contributed by atoms with E-state index in [-0.39, 0.29) is 11.6 Å². The molecular formula is C16H16N4O2. The highest BCUT2D eigenvalue weighted by Crippen LogP contribution is 2.15. The molecule has 0 saturated heterocycles. The average Bonchev–Trinajstić information content (AvgIpc) is 2.54. The molecule has 0 heterocycles. The van der Waals surface area contributed by atoms with Crippen molar-refractivity contribution in [3.63, 3.8) is 0 Å². The van der Waals surface area contributed by atoms with Crippen LogP contribution in [0.25, 0.3) is 0 Å². The molecule has 0 fully saturated rings. The maximum absolute atomic E-state index is 12.0. The zero-order chi connectivity index (χ0) is 15.9. The van der Waals surface area contributed by atoms with Crippen LogP contribution in [-0.4, -0.2) is 12.2 Å². The summed E-state index contributed by atoms with van der Waals surface area (Å²) in [6.07, 6.45) is 1.95. The summed E-state index contributed by atoms with van der Waals surface area (Å²) in [7, 11) is 0. The van der Waals surface area contributed by atoms with Crippen LogP contribution in [-0.2, 0) is 4.79 Å². The van der Waals surface area contributed by atoms with Gasteiger partial charge in [-0.25, -0.2) is 0 Å². The number of carbonyl (C=O) groups excluding carboxylic acids is 2. The van der Waals surface area contributed by atoms with Gasteiger partial charge in [-0.2, -0.15) is 0 Å². The van der Waals surface area contributed by atoms with E-state index in [0.29, 0.717) is 23.2 Å². The van der Waals surface area contributed by atoms with Crippen LogP contribution in [0.2, 0.25) is 0 Å². The second kappa shape index (κ2) is 6.94. The normalized spacial score (nSPS) is 10.8. The van der Waals surface area contributed by atoms with E-state index in [1.54, 1.807) is 48.5 Å². The molecule has 6 heteroatoms. The Morgan fingerprint density at radius 2 is 1.55 bits per heavy atom. The van der Waals surface area contributed by atoms with Gasteiger partial charge < -0.3 is 22.1 Å². The van der Waals surface area contributed by atoms with Crippen LogP contribution in [0, 0.1) is 0 Å². The molecule has 2 rings (SSSR count). The monoisotopic (exact) mass is 296 g/mol. The zero-order valence-electron chi connectivity index (χ0n) is 11.7. The van der Waals surface area contributed by atoms with Crippen molar-refractivity contribution in [1.29, 1.82) is 0 Å². The van der Waals surface area contributed by atoms with Gasteiger partial charge in [0.2, 0.25) is 0 Å². The van der Waals surface area contributed by atoms with Crippen LogP contribution in [0.5, 0.6) is 0 Å². The van der Waals surface area contributed by atoms with E-state index in [2.05, 4.69) is 10.6 Å². The van der Waals surface area contributed by atoms with Crippen molar-refractivity contribution in [2.75, 3.05) is 16.4 Å². The number of benzene rings is 2. The molecule has 1 amide bonds. The summed E-state index contributed by atoms with van der Waals surface area (Å²) in [5, 5.41) is 5.65. The van der Waals surface area contributed by atoms with E-state index < -0.39 is 0 Å². The molecule has 0 unspecified atom stereocenters. The van der Waals surface area contributed by atoms with Gasteiger partial charge in [0, 0.05) is 28.8 Å². The third kappa shape index (κ3) is 4.11. The Morgan fingerprint density at radius 3 is 2.14 bits per heavy atom. The summed E-state index contributed by atoms with van der Waals surface area (Å²) >= 11 is 0. The maximum atomic E-state index is 12.0. The molecule has 22 heavy (non-hydrogen) atoms. The first-order valence-corrected chi connectivity index (χ1v) is 6.53. The Kier molecular flexibility index (Phi) is 4.77. The summed E-state index contributed by atoms with van der Waals surface area (Å²) in [6, 6.07) is 13.7. The second-order valence-electron chi connectivity index (χ2n) is 4.56. The molecule has 0 bridgehead atoms. The Hall–Kier alpha value is -3.28. The van der Waals surface area contributed by atoms with E-state index in [1.807, 2.05) is 0 Å². The minimum Gasteiger partial charge on any atom is -0.399 e. The lowest BCUT2D eigenvalue weighted by molar-refractivity contribution is -0.104. The lowest BCUT2D eigenvalue weighted by Crippen LogP contribution is -2.11. The molecule has 0 aliphatic heterocycles. The largest absolute Gasteiger partial charge is 0.399 e. The summed E-state index contributed by atoms with van der Waals surface area (Å²) in [5.74, 6) is -0.217. The summed E-state index contributed by atoms with van der Waals surface area (Å²) in [6.45, 7) is 0. The van der Waals surface area contributed by atoms with E-state index in [1.165, 1.54) is 6.20 Å². The number of rotatable bonds is 5. The molecule has 2 aromatic rings. The highest BCUT2D eigenvalue weighted by atomic mass is 16.1. The first-order chi connectivity index (χ1) is 10.6. The molecule has 6 N–H and O–H groups in total.